The van der Waals surface area contributed by atoms with Crippen LogP contribution in [0.3, 0.4) is 0 Å². The third kappa shape index (κ3) is 1.95. The zero-order valence-corrected chi connectivity index (χ0v) is 6.62. The van der Waals surface area contributed by atoms with E-state index in [0.717, 1.165) is 0 Å². The van der Waals surface area contributed by atoms with Crippen molar-refractivity contribution in [2.45, 2.75) is 6.92 Å². The van der Waals surface area contributed by atoms with Crippen molar-refractivity contribution in [1.82, 2.24) is 0 Å². The van der Waals surface area contributed by atoms with Crippen LogP contribution in [0.15, 0.2) is 36.1 Å². The molecule has 2 heteroatoms. The van der Waals surface area contributed by atoms with E-state index in [4.69, 9.17) is 10.8 Å². The van der Waals surface area contributed by atoms with Gasteiger partial charge < -0.3 is 10.8 Å². The molecule has 0 bridgehead atoms. The van der Waals surface area contributed by atoms with Gasteiger partial charge in [-0.05, 0) is 12.2 Å². The second-order valence-corrected chi connectivity index (χ2v) is 3.03. The molecule has 2 nitrogen and oxygen atoms in total. The molecule has 11 heavy (non-hydrogen) atoms. The van der Waals surface area contributed by atoms with E-state index in [9.17, 15) is 0 Å². The molecule has 0 aromatic heterocycles. The normalized spacial score (nSPS) is 29.8. The van der Waals surface area contributed by atoms with Gasteiger partial charge in [0.05, 0.1) is 6.61 Å². The molecule has 3 N–H and O–H groups in total. The fourth-order valence-corrected chi connectivity index (χ4v) is 1.02. The number of aliphatic hydroxyl groups is 1. The molecule has 1 unspecified atom stereocenters. The summed E-state index contributed by atoms with van der Waals surface area (Å²) in [6.07, 6.45) is 9.37. The summed E-state index contributed by atoms with van der Waals surface area (Å²) in [5.41, 5.74) is 6.01. The van der Waals surface area contributed by atoms with Crippen molar-refractivity contribution in [3.05, 3.63) is 36.1 Å². The predicted octanol–water partition coefficient (Wildman–Crippen LogP) is 0.954. The molecular formula is C9H13NO. The highest BCUT2D eigenvalue weighted by atomic mass is 16.3. The van der Waals surface area contributed by atoms with E-state index in [1.54, 1.807) is 0 Å². The Hall–Kier alpha value is -1.02. The van der Waals surface area contributed by atoms with Gasteiger partial charge in [-0.3, -0.25) is 0 Å². The number of allylic oxidation sites excluding steroid dienone is 3. The summed E-state index contributed by atoms with van der Waals surface area (Å²) in [4.78, 5) is 0. The van der Waals surface area contributed by atoms with E-state index in [0.29, 0.717) is 5.70 Å². The highest BCUT2D eigenvalue weighted by molar-refractivity contribution is 5.29. The minimum absolute atomic E-state index is 0.0892. The van der Waals surface area contributed by atoms with Crippen LogP contribution in [-0.2, 0) is 0 Å². The fraction of sp³-hybridized carbons (Fsp3) is 0.333. The molecule has 1 aliphatic rings. The van der Waals surface area contributed by atoms with Crippen LogP contribution in [0.1, 0.15) is 6.92 Å². The van der Waals surface area contributed by atoms with Crippen molar-refractivity contribution < 1.29 is 5.11 Å². The van der Waals surface area contributed by atoms with E-state index in [-0.39, 0.29) is 12.0 Å². The monoisotopic (exact) mass is 151 g/mol. The number of hydrogen-bond donors (Lipinski definition) is 2. The smallest absolute Gasteiger partial charge is 0.0555 e. The van der Waals surface area contributed by atoms with E-state index < -0.39 is 0 Å². The maximum absolute atomic E-state index is 9.01. The van der Waals surface area contributed by atoms with Crippen molar-refractivity contribution in [2.75, 3.05) is 6.61 Å². The molecule has 0 amide bonds. The first-order chi connectivity index (χ1) is 5.16. The molecule has 0 radical (unpaired) electrons. The molecule has 1 aliphatic carbocycles. The number of hydrogen-bond acceptors (Lipinski definition) is 2. The van der Waals surface area contributed by atoms with Crippen LogP contribution in [0.25, 0.3) is 0 Å². The lowest BCUT2D eigenvalue weighted by molar-refractivity contribution is 0.219. The molecular weight excluding hydrogens is 138 g/mol. The summed E-state index contributed by atoms with van der Waals surface area (Å²) in [6, 6.07) is 0. The van der Waals surface area contributed by atoms with E-state index in [1.807, 2.05) is 37.3 Å². The van der Waals surface area contributed by atoms with Gasteiger partial charge in [-0.1, -0.05) is 25.2 Å². The maximum Gasteiger partial charge on any atom is 0.0555 e. The van der Waals surface area contributed by atoms with E-state index in [1.165, 1.54) is 0 Å². The van der Waals surface area contributed by atoms with Gasteiger partial charge in [0, 0.05) is 11.1 Å². The first kappa shape index (κ1) is 8.08. The standard InChI is InChI=1S/C9H13NO/c1-9(7-11)5-3-2-4-8(10)6-9/h2-6,11H,7,10H2,1H3. The lowest BCUT2D eigenvalue weighted by Crippen LogP contribution is -2.16. The molecule has 1 rings (SSSR count). The van der Waals surface area contributed by atoms with Gasteiger partial charge in [0.2, 0.25) is 0 Å². The van der Waals surface area contributed by atoms with Crippen LogP contribution in [0.5, 0.6) is 0 Å². The zero-order valence-electron chi connectivity index (χ0n) is 6.62. The molecule has 0 heterocycles. The summed E-state index contributed by atoms with van der Waals surface area (Å²) in [7, 11) is 0. The third-order valence-electron chi connectivity index (χ3n) is 1.71. The van der Waals surface area contributed by atoms with Gasteiger partial charge in [-0.2, -0.15) is 0 Å². The van der Waals surface area contributed by atoms with Crippen LogP contribution in [0, 0.1) is 5.41 Å². The third-order valence-corrected chi connectivity index (χ3v) is 1.71. The van der Waals surface area contributed by atoms with Gasteiger partial charge in [0.1, 0.15) is 0 Å². The molecule has 0 spiro atoms. The molecule has 0 aliphatic heterocycles. The highest BCUT2D eigenvalue weighted by Crippen LogP contribution is 2.22. The maximum atomic E-state index is 9.01. The second kappa shape index (κ2) is 2.93. The van der Waals surface area contributed by atoms with E-state index >= 15 is 0 Å². The Morgan fingerprint density at radius 2 is 2.27 bits per heavy atom. The first-order valence-electron chi connectivity index (χ1n) is 3.61. The highest BCUT2D eigenvalue weighted by Gasteiger charge is 2.16. The Morgan fingerprint density at radius 3 is 2.91 bits per heavy atom. The van der Waals surface area contributed by atoms with Gasteiger partial charge in [-0.25, -0.2) is 0 Å². The molecule has 0 aromatic rings. The predicted molar refractivity (Wildman–Crippen MR) is 45.7 cm³/mol. The molecule has 1 atom stereocenters. The van der Waals surface area contributed by atoms with Crippen LogP contribution < -0.4 is 5.73 Å². The Balaban J connectivity index is 2.92. The average Bonchev–Trinajstić information content (AvgIpc) is 2.13. The molecule has 0 fully saturated rings. The van der Waals surface area contributed by atoms with Crippen molar-refractivity contribution in [3.63, 3.8) is 0 Å². The van der Waals surface area contributed by atoms with Gasteiger partial charge in [0.25, 0.3) is 0 Å². The Bertz CT molecular complexity index is 228. The number of aliphatic hydroxyl groups excluding tert-OH is 1. The summed E-state index contributed by atoms with van der Waals surface area (Å²) >= 11 is 0. The quantitative estimate of drug-likeness (QED) is 0.586. The molecule has 0 aromatic carbocycles. The fourth-order valence-electron chi connectivity index (χ4n) is 1.02. The number of nitrogens with two attached hydrogens (primary N) is 1. The molecule has 60 valence electrons. The lowest BCUT2D eigenvalue weighted by Gasteiger charge is -2.17. The Kier molecular flexibility index (Phi) is 2.15. The van der Waals surface area contributed by atoms with Crippen molar-refractivity contribution in [3.8, 4) is 0 Å². The van der Waals surface area contributed by atoms with Crippen molar-refractivity contribution >= 4 is 0 Å². The summed E-state index contributed by atoms with van der Waals surface area (Å²) in [5.74, 6) is 0. The van der Waals surface area contributed by atoms with Gasteiger partial charge >= 0.3 is 0 Å². The first-order valence-corrected chi connectivity index (χ1v) is 3.61. The van der Waals surface area contributed by atoms with Gasteiger partial charge in [-0.15, -0.1) is 0 Å². The summed E-state index contributed by atoms with van der Waals surface area (Å²) in [6.45, 7) is 2.02. The topological polar surface area (TPSA) is 46.2 Å². The Morgan fingerprint density at radius 1 is 1.55 bits per heavy atom. The molecule has 0 saturated heterocycles. The van der Waals surface area contributed by atoms with Crippen molar-refractivity contribution in [2.24, 2.45) is 11.1 Å². The largest absolute Gasteiger partial charge is 0.399 e. The Labute approximate surface area is 66.7 Å². The van der Waals surface area contributed by atoms with Crippen LogP contribution in [0.4, 0.5) is 0 Å². The minimum Gasteiger partial charge on any atom is -0.399 e. The number of rotatable bonds is 1. The average molecular weight is 151 g/mol. The SMILES string of the molecule is CC1(CO)C=CC=CC(N)=C1. The van der Waals surface area contributed by atoms with Gasteiger partial charge in [0.15, 0.2) is 0 Å². The second-order valence-electron chi connectivity index (χ2n) is 3.03. The summed E-state index contributed by atoms with van der Waals surface area (Å²) in [5, 5.41) is 9.01. The van der Waals surface area contributed by atoms with Crippen LogP contribution in [-0.4, -0.2) is 11.7 Å². The van der Waals surface area contributed by atoms with E-state index in [2.05, 4.69) is 0 Å². The summed E-state index contributed by atoms with van der Waals surface area (Å²) < 4.78 is 0. The minimum atomic E-state index is -0.298. The van der Waals surface area contributed by atoms with Crippen molar-refractivity contribution in [1.29, 1.82) is 0 Å². The molecule has 0 saturated carbocycles. The lowest BCUT2D eigenvalue weighted by atomic mass is 9.91. The zero-order chi connectivity index (χ0) is 8.32. The van der Waals surface area contributed by atoms with Crippen LogP contribution >= 0.6 is 0 Å². The van der Waals surface area contributed by atoms with Crippen LogP contribution in [0.2, 0.25) is 0 Å².